The molecule has 3 aromatic rings. The Bertz CT molecular complexity index is 1620. The van der Waals surface area contributed by atoms with Gasteiger partial charge in [0.15, 0.2) is 27.2 Å². The summed E-state index contributed by atoms with van der Waals surface area (Å²) in [6.45, 7) is 25.2. The zero-order chi connectivity index (χ0) is 35.9. The predicted molar refractivity (Wildman–Crippen MR) is 193 cm³/mol. The van der Waals surface area contributed by atoms with Gasteiger partial charge in [-0.1, -0.05) is 106 Å². The number of carbonyl (C=O) groups is 2. The van der Waals surface area contributed by atoms with Gasteiger partial charge in [-0.2, -0.15) is 0 Å². The Balaban J connectivity index is 0.000000454. The number of hydrogen-bond acceptors (Lipinski definition) is 6. The first kappa shape index (κ1) is 40.3. The summed E-state index contributed by atoms with van der Waals surface area (Å²) in [4.78, 5) is 28.7. The number of ether oxygens (including phenoxy) is 1. The van der Waals surface area contributed by atoms with E-state index >= 15 is 0 Å². The van der Waals surface area contributed by atoms with Gasteiger partial charge < -0.3 is 9.15 Å². The molecule has 0 bridgehead atoms. The molecule has 1 aliphatic rings. The molecule has 3 atom stereocenters. The summed E-state index contributed by atoms with van der Waals surface area (Å²) < 4.78 is 35.9. The Morgan fingerprint density at radius 1 is 1.02 bits per heavy atom. The van der Waals surface area contributed by atoms with Crippen LogP contribution in [0.2, 0.25) is 5.02 Å². The fourth-order valence-corrected chi connectivity index (χ4v) is 6.30. The summed E-state index contributed by atoms with van der Waals surface area (Å²) in [5, 5.41) is 0.122. The van der Waals surface area contributed by atoms with Crippen molar-refractivity contribution < 1.29 is 27.3 Å². The zero-order valence-electron chi connectivity index (χ0n) is 30.2. The summed E-state index contributed by atoms with van der Waals surface area (Å²) in [7, 11) is -1.49. The Morgan fingerprint density at radius 3 is 2.13 bits per heavy atom. The summed E-state index contributed by atoms with van der Waals surface area (Å²) in [6.07, 6.45) is 4.78. The highest BCUT2D eigenvalue weighted by atomic mass is 35.5. The highest BCUT2D eigenvalue weighted by Gasteiger charge is 2.36. The van der Waals surface area contributed by atoms with Crippen molar-refractivity contribution in [3.8, 4) is 11.3 Å². The van der Waals surface area contributed by atoms with Crippen molar-refractivity contribution >= 4 is 44.4 Å². The van der Waals surface area contributed by atoms with E-state index in [4.69, 9.17) is 25.7 Å². The molecule has 0 amide bonds. The van der Waals surface area contributed by atoms with Crippen LogP contribution in [0.15, 0.2) is 45.4 Å². The van der Waals surface area contributed by atoms with E-state index in [0.29, 0.717) is 45.4 Å². The van der Waals surface area contributed by atoms with E-state index in [1.807, 2.05) is 13.0 Å². The normalized spacial score (nSPS) is 16.0. The average Bonchev–Trinajstić information content (AvgIpc) is 3.47. The molecule has 0 N–H and O–H groups in total. The first-order chi connectivity index (χ1) is 21.9. The van der Waals surface area contributed by atoms with Gasteiger partial charge in [0.25, 0.3) is 5.12 Å². The second-order valence-electron chi connectivity index (χ2n) is 13.8. The number of unbranched alkanes of at least 4 members (excludes halogenated alkanes) is 1. The molecule has 1 aromatic carbocycles. The molecular weight excluding hydrogens is 637 g/mol. The molecule has 1 aliphatic heterocycles. The molecule has 0 radical (unpaired) electrons. The van der Waals surface area contributed by atoms with Crippen LogP contribution in [0.1, 0.15) is 125 Å². The SMILES string of the molecule is CCCC.CCCC(C)(C)C(C)C(C)C(=O)c1cc2nc(-c3ccc(Cl)c(F)c3)cc(C(C)(C)C)c2o1.CCOC1=C(C)C(=O)S1=O. The largest absolute Gasteiger partial charge is 0.484 e. The number of pyridine rings is 1. The van der Waals surface area contributed by atoms with Crippen LogP contribution in [-0.2, 0) is 25.7 Å². The molecule has 0 fully saturated rings. The lowest BCUT2D eigenvalue weighted by Gasteiger charge is -2.35. The van der Waals surface area contributed by atoms with E-state index in [2.05, 4.69) is 62.3 Å². The van der Waals surface area contributed by atoms with Crippen LogP contribution >= 0.6 is 11.6 Å². The lowest BCUT2D eigenvalue weighted by atomic mass is 9.69. The van der Waals surface area contributed by atoms with Crippen molar-refractivity contribution in [2.45, 2.75) is 114 Å². The van der Waals surface area contributed by atoms with Crippen LogP contribution in [-0.4, -0.2) is 26.7 Å². The van der Waals surface area contributed by atoms with E-state index in [1.165, 1.54) is 25.0 Å². The number of carbonyl (C=O) groups excluding carboxylic acids is 2. The van der Waals surface area contributed by atoms with Crippen molar-refractivity contribution in [2.24, 2.45) is 17.3 Å². The van der Waals surface area contributed by atoms with Gasteiger partial charge in [-0.05, 0) is 55.2 Å². The molecule has 260 valence electrons. The van der Waals surface area contributed by atoms with E-state index in [9.17, 15) is 18.2 Å². The maximum atomic E-state index is 14.1. The highest BCUT2D eigenvalue weighted by molar-refractivity contribution is 8.06. The second kappa shape index (κ2) is 17.0. The van der Waals surface area contributed by atoms with Gasteiger partial charge in [0, 0.05) is 23.1 Å². The van der Waals surface area contributed by atoms with Gasteiger partial charge in [0.2, 0.25) is 5.78 Å². The molecular formula is C38H53ClFNO5S. The summed E-state index contributed by atoms with van der Waals surface area (Å²) >= 11 is 5.86. The van der Waals surface area contributed by atoms with Gasteiger partial charge in [-0.15, -0.1) is 0 Å². The third-order valence-corrected chi connectivity index (χ3v) is 10.5. The van der Waals surface area contributed by atoms with E-state index < -0.39 is 16.6 Å². The van der Waals surface area contributed by atoms with Gasteiger partial charge >= 0.3 is 0 Å². The third-order valence-electron chi connectivity index (χ3n) is 8.76. The molecule has 2 aromatic heterocycles. The van der Waals surface area contributed by atoms with Crippen LogP contribution in [0, 0.1) is 23.1 Å². The molecule has 0 saturated carbocycles. The number of furan rings is 1. The van der Waals surface area contributed by atoms with Crippen molar-refractivity contribution in [1.29, 1.82) is 0 Å². The Morgan fingerprint density at radius 2 is 1.64 bits per heavy atom. The van der Waals surface area contributed by atoms with Crippen molar-refractivity contribution in [1.82, 2.24) is 4.98 Å². The standard InChI is InChI=1S/C28H35ClFNO2.C6H8O3S.C4H10/c1-9-12-28(7,8)17(3)16(2)25(32)24-15-23-26(33-24)19(27(4,5)6)14-22(31-23)18-10-11-20(29)21(30)13-18;1-3-9-6-4(2)5(7)10(6)8;1-3-4-2/h10-11,13-17H,9,12H2,1-8H3;3H2,1-2H3;3-4H2,1-2H3. The van der Waals surface area contributed by atoms with Crippen molar-refractivity contribution in [2.75, 3.05) is 6.61 Å². The second-order valence-corrected chi connectivity index (χ2v) is 15.5. The number of halogens is 2. The fraction of sp³-hybridized carbons (Fsp3) is 0.553. The predicted octanol–water partition coefficient (Wildman–Crippen LogP) is 11.2. The minimum absolute atomic E-state index is 0.0105. The Labute approximate surface area is 288 Å². The average molecular weight is 690 g/mol. The number of hydrogen-bond donors (Lipinski definition) is 0. The minimum Gasteiger partial charge on any atom is -0.484 e. The summed E-state index contributed by atoms with van der Waals surface area (Å²) in [5.74, 6) is -0.164. The molecule has 0 aliphatic carbocycles. The van der Waals surface area contributed by atoms with E-state index in [0.717, 1.165) is 18.4 Å². The number of rotatable bonds is 10. The first-order valence-electron chi connectivity index (χ1n) is 16.6. The van der Waals surface area contributed by atoms with Crippen molar-refractivity contribution in [3.05, 3.63) is 63.2 Å². The maximum Gasteiger partial charge on any atom is 0.257 e. The number of ketones is 1. The fourth-order valence-electron chi connectivity index (χ4n) is 5.20. The van der Waals surface area contributed by atoms with Crippen molar-refractivity contribution in [3.63, 3.8) is 0 Å². The Hall–Kier alpha value is -2.84. The van der Waals surface area contributed by atoms with Gasteiger partial charge in [-0.3, -0.25) is 9.59 Å². The van der Waals surface area contributed by atoms with Gasteiger partial charge in [-0.25, -0.2) is 13.6 Å². The molecule has 47 heavy (non-hydrogen) atoms. The maximum absolute atomic E-state index is 14.1. The summed E-state index contributed by atoms with van der Waals surface area (Å²) in [6, 6.07) is 8.31. The van der Waals surface area contributed by atoms with Crippen LogP contribution < -0.4 is 0 Å². The number of aromatic nitrogens is 1. The topological polar surface area (TPSA) is 86.5 Å². The molecule has 3 unspecified atom stereocenters. The van der Waals surface area contributed by atoms with Crippen LogP contribution in [0.25, 0.3) is 22.4 Å². The quantitative estimate of drug-likeness (QED) is 0.197. The van der Waals surface area contributed by atoms with E-state index in [-0.39, 0.29) is 38.6 Å². The minimum atomic E-state index is -1.49. The molecule has 0 saturated heterocycles. The lowest BCUT2D eigenvalue weighted by Crippen LogP contribution is -2.31. The monoisotopic (exact) mass is 689 g/mol. The number of benzene rings is 1. The molecule has 3 heterocycles. The molecule has 4 rings (SSSR count). The first-order valence-corrected chi connectivity index (χ1v) is 18.1. The molecule has 0 spiro atoms. The Kier molecular flexibility index (Phi) is 14.6. The summed E-state index contributed by atoms with van der Waals surface area (Å²) in [5.41, 5.74) is 3.66. The number of Topliss-reactive ketones (excluding diaryl/α,β-unsaturated/α-hetero) is 1. The van der Waals surface area contributed by atoms with Gasteiger partial charge in [0.05, 0.1) is 22.9 Å². The number of fused-ring (bicyclic) bond motifs is 1. The van der Waals surface area contributed by atoms with Crippen LogP contribution in [0.4, 0.5) is 4.39 Å². The zero-order valence-corrected chi connectivity index (χ0v) is 31.8. The molecule has 9 heteroatoms. The highest BCUT2D eigenvalue weighted by Crippen LogP contribution is 2.40. The van der Waals surface area contributed by atoms with E-state index in [1.54, 1.807) is 26.0 Å². The van der Waals surface area contributed by atoms with Crippen LogP contribution in [0.3, 0.4) is 0 Å². The lowest BCUT2D eigenvalue weighted by molar-refractivity contribution is -0.109. The number of nitrogens with zero attached hydrogens (tertiary/aromatic N) is 1. The third kappa shape index (κ3) is 9.85. The molecule has 6 nitrogen and oxygen atoms in total. The van der Waals surface area contributed by atoms with Gasteiger partial charge in [0.1, 0.15) is 11.3 Å². The van der Waals surface area contributed by atoms with Crippen LogP contribution in [0.5, 0.6) is 0 Å². The smallest absolute Gasteiger partial charge is 0.257 e.